The van der Waals surface area contributed by atoms with Gasteiger partial charge in [-0.15, -0.1) is 0 Å². The van der Waals surface area contributed by atoms with Crippen LogP contribution in [0.2, 0.25) is 10.0 Å². The third kappa shape index (κ3) is 3.39. The highest BCUT2D eigenvalue weighted by molar-refractivity contribution is 6.35. The van der Waals surface area contributed by atoms with E-state index in [0.717, 1.165) is 5.56 Å². The van der Waals surface area contributed by atoms with E-state index in [9.17, 15) is 0 Å². The van der Waals surface area contributed by atoms with Gasteiger partial charge in [0.2, 0.25) is 0 Å². The highest BCUT2D eigenvalue weighted by Crippen LogP contribution is 2.28. The summed E-state index contributed by atoms with van der Waals surface area (Å²) < 4.78 is 5.63. The van der Waals surface area contributed by atoms with Gasteiger partial charge in [-0.25, -0.2) is 0 Å². The lowest BCUT2D eigenvalue weighted by Gasteiger charge is -2.08. The Morgan fingerprint density at radius 2 is 1.71 bits per heavy atom. The van der Waals surface area contributed by atoms with Crippen LogP contribution in [0.3, 0.4) is 0 Å². The second-order valence-electron chi connectivity index (χ2n) is 3.85. The molecular weight excluding hydrogens is 255 g/mol. The molecule has 17 heavy (non-hydrogen) atoms. The quantitative estimate of drug-likeness (QED) is 0.770. The average Bonchev–Trinajstić information content (AvgIpc) is 2.30. The van der Waals surface area contributed by atoms with Crippen LogP contribution in [0, 0.1) is 6.92 Å². The van der Waals surface area contributed by atoms with Gasteiger partial charge >= 0.3 is 0 Å². The van der Waals surface area contributed by atoms with Gasteiger partial charge in [-0.3, -0.25) is 0 Å². The van der Waals surface area contributed by atoms with Crippen LogP contribution in [0.1, 0.15) is 11.1 Å². The lowest BCUT2D eigenvalue weighted by molar-refractivity contribution is 0.306. The van der Waals surface area contributed by atoms with Crippen LogP contribution in [-0.2, 0) is 6.61 Å². The Bertz CT molecular complexity index is 506. The van der Waals surface area contributed by atoms with Crippen molar-refractivity contribution in [3.63, 3.8) is 0 Å². The number of aryl methyl sites for hydroxylation is 1. The topological polar surface area (TPSA) is 9.23 Å². The fourth-order valence-electron chi connectivity index (χ4n) is 1.44. The molecule has 0 aliphatic heterocycles. The predicted octanol–water partition coefficient (Wildman–Crippen LogP) is 4.88. The third-order valence-corrected chi connectivity index (χ3v) is 2.94. The smallest absolute Gasteiger partial charge is 0.138 e. The van der Waals surface area contributed by atoms with Gasteiger partial charge < -0.3 is 4.74 Å². The molecule has 0 aromatic heterocycles. The van der Waals surface area contributed by atoms with E-state index >= 15 is 0 Å². The average molecular weight is 267 g/mol. The van der Waals surface area contributed by atoms with Crippen LogP contribution in [0.25, 0.3) is 0 Å². The van der Waals surface area contributed by atoms with Gasteiger partial charge in [-0.05, 0) is 30.7 Å². The molecule has 0 saturated heterocycles. The summed E-state index contributed by atoms with van der Waals surface area (Å²) in [5, 5.41) is 1.14. The first-order chi connectivity index (χ1) is 8.15. The summed E-state index contributed by atoms with van der Waals surface area (Å²) in [6.07, 6.45) is 0. The standard InChI is InChI=1S/C14H12Cl2O/c1-10-2-4-11(5-3-10)9-17-14-7-6-12(15)8-13(14)16/h2-8H,9H2,1H3. The second kappa shape index (κ2) is 5.44. The monoisotopic (exact) mass is 266 g/mol. The van der Waals surface area contributed by atoms with Crippen molar-refractivity contribution < 1.29 is 4.74 Å². The molecule has 0 N–H and O–H groups in total. The SMILES string of the molecule is Cc1ccc(COc2ccc(Cl)cc2Cl)cc1. The van der Waals surface area contributed by atoms with Crippen molar-refractivity contribution in [3.05, 3.63) is 63.6 Å². The first-order valence-electron chi connectivity index (χ1n) is 5.28. The van der Waals surface area contributed by atoms with E-state index in [1.165, 1.54) is 5.56 Å². The maximum atomic E-state index is 6.01. The lowest BCUT2D eigenvalue weighted by atomic mass is 10.2. The fourth-order valence-corrected chi connectivity index (χ4v) is 1.90. The van der Waals surface area contributed by atoms with Crippen molar-refractivity contribution in [2.45, 2.75) is 13.5 Å². The maximum Gasteiger partial charge on any atom is 0.138 e. The zero-order valence-electron chi connectivity index (χ0n) is 9.41. The van der Waals surface area contributed by atoms with Crippen LogP contribution >= 0.6 is 23.2 Å². The largest absolute Gasteiger partial charge is 0.487 e. The Balaban J connectivity index is 2.04. The fraction of sp³-hybridized carbons (Fsp3) is 0.143. The molecule has 0 atom stereocenters. The van der Waals surface area contributed by atoms with Gasteiger partial charge in [0.05, 0.1) is 5.02 Å². The number of hydrogen-bond acceptors (Lipinski definition) is 1. The first-order valence-corrected chi connectivity index (χ1v) is 6.04. The molecule has 0 fully saturated rings. The highest BCUT2D eigenvalue weighted by Gasteiger charge is 2.02. The van der Waals surface area contributed by atoms with Crippen LogP contribution in [0.5, 0.6) is 5.75 Å². The van der Waals surface area contributed by atoms with E-state index in [1.54, 1.807) is 18.2 Å². The van der Waals surface area contributed by atoms with Crippen molar-refractivity contribution in [1.82, 2.24) is 0 Å². The van der Waals surface area contributed by atoms with Crippen LogP contribution in [0.4, 0.5) is 0 Å². The molecule has 1 nitrogen and oxygen atoms in total. The van der Waals surface area contributed by atoms with E-state index in [1.807, 2.05) is 12.1 Å². The zero-order valence-corrected chi connectivity index (χ0v) is 10.9. The summed E-state index contributed by atoms with van der Waals surface area (Å²) in [4.78, 5) is 0. The minimum Gasteiger partial charge on any atom is -0.487 e. The molecule has 3 heteroatoms. The number of ether oxygens (including phenoxy) is 1. The Morgan fingerprint density at radius 1 is 1.00 bits per heavy atom. The number of hydrogen-bond donors (Lipinski definition) is 0. The molecule has 88 valence electrons. The molecule has 0 aliphatic carbocycles. The van der Waals surface area contributed by atoms with Crippen LogP contribution < -0.4 is 4.74 Å². The van der Waals surface area contributed by atoms with Gasteiger partial charge in [0, 0.05) is 5.02 Å². The summed E-state index contributed by atoms with van der Waals surface area (Å²) in [7, 11) is 0. The molecule has 0 heterocycles. The van der Waals surface area contributed by atoms with E-state index in [0.29, 0.717) is 22.4 Å². The Hall–Kier alpha value is -1.18. The van der Waals surface area contributed by atoms with Crippen molar-refractivity contribution in [2.75, 3.05) is 0 Å². The maximum absolute atomic E-state index is 6.01. The summed E-state index contributed by atoms with van der Waals surface area (Å²) in [5.41, 5.74) is 2.35. The van der Waals surface area contributed by atoms with E-state index in [-0.39, 0.29) is 0 Å². The molecule has 2 aromatic carbocycles. The minimum absolute atomic E-state index is 0.502. The van der Waals surface area contributed by atoms with Crippen molar-refractivity contribution >= 4 is 23.2 Å². The zero-order chi connectivity index (χ0) is 12.3. The second-order valence-corrected chi connectivity index (χ2v) is 4.69. The molecule has 0 spiro atoms. The summed E-state index contributed by atoms with van der Waals surface area (Å²) in [5.74, 6) is 0.650. The molecule has 2 aromatic rings. The van der Waals surface area contributed by atoms with Gasteiger partial charge in [-0.1, -0.05) is 53.0 Å². The van der Waals surface area contributed by atoms with Gasteiger partial charge in [0.25, 0.3) is 0 Å². The van der Waals surface area contributed by atoms with Crippen molar-refractivity contribution in [3.8, 4) is 5.75 Å². The Morgan fingerprint density at radius 3 is 2.35 bits per heavy atom. The van der Waals surface area contributed by atoms with Crippen LogP contribution in [-0.4, -0.2) is 0 Å². The predicted molar refractivity (Wildman–Crippen MR) is 72.0 cm³/mol. The minimum atomic E-state index is 0.502. The number of rotatable bonds is 3. The molecule has 0 bridgehead atoms. The van der Waals surface area contributed by atoms with Gasteiger partial charge in [-0.2, -0.15) is 0 Å². The van der Waals surface area contributed by atoms with Crippen molar-refractivity contribution in [1.29, 1.82) is 0 Å². The first kappa shape index (κ1) is 12.3. The summed E-state index contributed by atoms with van der Waals surface area (Å²) in [6, 6.07) is 13.4. The third-order valence-electron chi connectivity index (χ3n) is 2.41. The molecule has 0 saturated carbocycles. The Kier molecular flexibility index (Phi) is 3.93. The van der Waals surface area contributed by atoms with Gasteiger partial charge in [0.15, 0.2) is 0 Å². The molecular formula is C14H12Cl2O. The van der Waals surface area contributed by atoms with Gasteiger partial charge in [0.1, 0.15) is 12.4 Å². The van der Waals surface area contributed by atoms with Crippen molar-refractivity contribution in [2.24, 2.45) is 0 Å². The molecule has 0 amide bonds. The Labute approximate surface area is 111 Å². The number of halogens is 2. The van der Waals surface area contributed by atoms with E-state index in [4.69, 9.17) is 27.9 Å². The summed E-state index contributed by atoms with van der Waals surface area (Å²) >= 11 is 11.8. The van der Waals surface area contributed by atoms with E-state index in [2.05, 4.69) is 19.1 Å². The summed E-state index contributed by atoms with van der Waals surface area (Å²) in [6.45, 7) is 2.56. The molecule has 2 rings (SSSR count). The van der Waals surface area contributed by atoms with E-state index < -0.39 is 0 Å². The highest BCUT2D eigenvalue weighted by atomic mass is 35.5. The number of benzene rings is 2. The normalized spacial score (nSPS) is 10.3. The molecule has 0 radical (unpaired) electrons. The molecule has 0 aliphatic rings. The molecule has 0 unspecified atom stereocenters. The van der Waals surface area contributed by atoms with Crippen LogP contribution in [0.15, 0.2) is 42.5 Å². The lowest BCUT2D eigenvalue weighted by Crippen LogP contribution is -1.95.